The van der Waals surface area contributed by atoms with Crippen molar-refractivity contribution in [1.82, 2.24) is 9.80 Å². The number of halogens is 1. The number of fused-ring (bicyclic) bond motifs is 1. The van der Waals surface area contributed by atoms with Crippen molar-refractivity contribution in [2.24, 2.45) is 0 Å². The molecule has 0 bridgehead atoms. The molecule has 2 aromatic carbocycles. The normalized spacial score (nSPS) is 16.6. The molecule has 1 fully saturated rings. The number of nitrogens with one attached hydrogen (secondary N) is 1. The molecule has 0 atom stereocenters. The Kier molecular flexibility index (Phi) is 6.97. The number of amides is 2. The molecule has 0 unspecified atom stereocenters. The summed E-state index contributed by atoms with van der Waals surface area (Å²) in [5.41, 5.74) is 4.46. The molecular weight excluding hydrogens is 393 g/mol. The molecule has 1 N–H and O–H groups in total. The largest absolute Gasteiger partial charge is 0.341 e. The average Bonchev–Trinajstić information content (AvgIpc) is 3.09. The number of nitrogens with zero attached hydrogens (tertiary/aromatic N) is 2. The number of hydrogen-bond donors (Lipinski definition) is 1. The Balaban J connectivity index is 1.22. The Morgan fingerprint density at radius 3 is 2.65 bits per heavy atom. The Labute approximate surface area is 183 Å². The van der Waals surface area contributed by atoms with Gasteiger partial charge in [-0.3, -0.25) is 14.5 Å². The van der Waals surface area contributed by atoms with Crippen LogP contribution in [-0.4, -0.2) is 47.8 Å². The molecule has 1 heterocycles. The quantitative estimate of drug-likeness (QED) is 0.770. The standard InChI is InChI=1S/C25H30FN3O2/c26-22-7-1-4-19(16-22)18-28-12-3-13-29(15-14-28)25(31)11-10-24(30)27-23-9-8-20-5-2-6-21(20)17-23/h1,4,7-9,16-17H,2-3,5-6,10-15,18H2,(H,27,30). The van der Waals surface area contributed by atoms with Crippen LogP contribution in [0, 0.1) is 5.82 Å². The van der Waals surface area contributed by atoms with E-state index in [1.165, 1.54) is 23.6 Å². The van der Waals surface area contributed by atoms with Crippen LogP contribution in [0.2, 0.25) is 0 Å². The highest BCUT2D eigenvalue weighted by atomic mass is 19.1. The molecule has 1 aliphatic carbocycles. The summed E-state index contributed by atoms with van der Waals surface area (Å²) < 4.78 is 13.4. The zero-order valence-corrected chi connectivity index (χ0v) is 17.9. The topological polar surface area (TPSA) is 52.7 Å². The highest BCUT2D eigenvalue weighted by Crippen LogP contribution is 2.25. The SMILES string of the molecule is O=C(CCC(=O)N1CCCN(Cc2cccc(F)c2)CC1)Nc1ccc2c(c1)CCC2. The number of hydrogen-bond acceptors (Lipinski definition) is 3. The van der Waals surface area contributed by atoms with E-state index in [0.717, 1.165) is 43.6 Å². The minimum atomic E-state index is -0.220. The second kappa shape index (κ2) is 10.1. The van der Waals surface area contributed by atoms with E-state index in [1.54, 1.807) is 12.1 Å². The van der Waals surface area contributed by atoms with E-state index in [-0.39, 0.29) is 30.5 Å². The molecule has 1 saturated heterocycles. The second-order valence-electron chi connectivity index (χ2n) is 8.53. The van der Waals surface area contributed by atoms with Crippen LogP contribution in [0.3, 0.4) is 0 Å². The third-order valence-electron chi connectivity index (χ3n) is 6.18. The van der Waals surface area contributed by atoms with Crippen LogP contribution in [0.5, 0.6) is 0 Å². The maximum atomic E-state index is 13.4. The lowest BCUT2D eigenvalue weighted by Crippen LogP contribution is -2.35. The van der Waals surface area contributed by atoms with Gasteiger partial charge in [-0.1, -0.05) is 18.2 Å². The summed E-state index contributed by atoms with van der Waals surface area (Å²) in [7, 11) is 0. The molecule has 6 heteroatoms. The lowest BCUT2D eigenvalue weighted by Gasteiger charge is -2.22. The third kappa shape index (κ3) is 5.91. The average molecular weight is 424 g/mol. The van der Waals surface area contributed by atoms with Crippen LogP contribution in [0.1, 0.15) is 42.4 Å². The van der Waals surface area contributed by atoms with Crippen LogP contribution < -0.4 is 5.32 Å². The minimum Gasteiger partial charge on any atom is -0.341 e. The highest BCUT2D eigenvalue weighted by molar-refractivity contribution is 5.93. The van der Waals surface area contributed by atoms with Crippen LogP contribution >= 0.6 is 0 Å². The van der Waals surface area contributed by atoms with Gasteiger partial charge in [0.2, 0.25) is 11.8 Å². The summed E-state index contributed by atoms with van der Waals surface area (Å²) in [5.74, 6) is -0.312. The number of carbonyl (C=O) groups is 2. The van der Waals surface area contributed by atoms with Gasteiger partial charge in [-0.2, -0.15) is 0 Å². The molecule has 5 nitrogen and oxygen atoms in total. The molecule has 2 aliphatic rings. The zero-order chi connectivity index (χ0) is 21.6. The molecular formula is C25H30FN3O2. The maximum absolute atomic E-state index is 13.4. The van der Waals surface area contributed by atoms with E-state index in [0.29, 0.717) is 19.6 Å². The first-order valence-electron chi connectivity index (χ1n) is 11.2. The van der Waals surface area contributed by atoms with Crippen LogP contribution in [0.15, 0.2) is 42.5 Å². The van der Waals surface area contributed by atoms with Crippen molar-refractivity contribution >= 4 is 17.5 Å². The monoisotopic (exact) mass is 423 g/mol. The van der Waals surface area contributed by atoms with Gasteiger partial charge in [-0.15, -0.1) is 0 Å². The molecule has 2 amide bonds. The fraction of sp³-hybridized carbons (Fsp3) is 0.440. The first-order valence-corrected chi connectivity index (χ1v) is 11.2. The van der Waals surface area contributed by atoms with Crippen LogP contribution in [-0.2, 0) is 29.0 Å². The number of anilines is 1. The van der Waals surface area contributed by atoms with Gasteiger partial charge in [0.15, 0.2) is 0 Å². The first kappa shape index (κ1) is 21.5. The Hall–Kier alpha value is -2.73. The zero-order valence-electron chi connectivity index (χ0n) is 17.9. The van der Waals surface area contributed by atoms with Crippen molar-refractivity contribution in [3.63, 3.8) is 0 Å². The van der Waals surface area contributed by atoms with Gasteiger partial charge in [0, 0.05) is 51.3 Å². The van der Waals surface area contributed by atoms with Gasteiger partial charge in [-0.25, -0.2) is 4.39 Å². The first-order chi connectivity index (χ1) is 15.1. The summed E-state index contributed by atoms with van der Waals surface area (Å²) in [6.45, 7) is 3.65. The molecule has 0 radical (unpaired) electrons. The van der Waals surface area contributed by atoms with Gasteiger partial charge in [-0.05, 0) is 66.6 Å². The molecule has 0 saturated carbocycles. The molecule has 164 valence electrons. The number of carbonyl (C=O) groups excluding carboxylic acids is 2. The van der Waals surface area contributed by atoms with E-state index in [9.17, 15) is 14.0 Å². The minimum absolute atomic E-state index is 0.0247. The van der Waals surface area contributed by atoms with Crippen molar-refractivity contribution in [2.45, 2.75) is 45.1 Å². The summed E-state index contributed by atoms with van der Waals surface area (Å²) >= 11 is 0. The van der Waals surface area contributed by atoms with E-state index >= 15 is 0 Å². The molecule has 1 aliphatic heterocycles. The number of benzene rings is 2. The number of aryl methyl sites for hydroxylation is 2. The molecule has 31 heavy (non-hydrogen) atoms. The lowest BCUT2D eigenvalue weighted by atomic mass is 10.1. The van der Waals surface area contributed by atoms with E-state index < -0.39 is 0 Å². The molecule has 2 aromatic rings. The van der Waals surface area contributed by atoms with Gasteiger partial charge in [0.25, 0.3) is 0 Å². The van der Waals surface area contributed by atoms with Crippen molar-refractivity contribution in [3.8, 4) is 0 Å². The molecule has 0 spiro atoms. The molecule has 0 aromatic heterocycles. The lowest BCUT2D eigenvalue weighted by molar-refractivity contribution is -0.132. The van der Waals surface area contributed by atoms with Crippen LogP contribution in [0.25, 0.3) is 0 Å². The summed E-state index contributed by atoms with van der Waals surface area (Å²) in [6, 6.07) is 12.8. The van der Waals surface area contributed by atoms with E-state index in [4.69, 9.17) is 0 Å². The fourth-order valence-electron chi connectivity index (χ4n) is 4.52. The van der Waals surface area contributed by atoms with Crippen molar-refractivity contribution < 1.29 is 14.0 Å². The van der Waals surface area contributed by atoms with E-state index in [1.807, 2.05) is 17.0 Å². The number of rotatable bonds is 6. The van der Waals surface area contributed by atoms with Crippen molar-refractivity contribution in [3.05, 3.63) is 65.0 Å². The fourth-order valence-corrected chi connectivity index (χ4v) is 4.52. The second-order valence-corrected chi connectivity index (χ2v) is 8.53. The third-order valence-corrected chi connectivity index (χ3v) is 6.18. The summed E-state index contributed by atoms with van der Waals surface area (Å²) in [4.78, 5) is 29.1. The Morgan fingerprint density at radius 1 is 0.903 bits per heavy atom. The van der Waals surface area contributed by atoms with Gasteiger partial charge in [0.05, 0.1) is 0 Å². The highest BCUT2D eigenvalue weighted by Gasteiger charge is 2.20. The Morgan fingerprint density at radius 2 is 1.77 bits per heavy atom. The predicted molar refractivity (Wildman–Crippen MR) is 119 cm³/mol. The van der Waals surface area contributed by atoms with Crippen molar-refractivity contribution in [1.29, 1.82) is 0 Å². The predicted octanol–water partition coefficient (Wildman–Crippen LogP) is 3.77. The van der Waals surface area contributed by atoms with Gasteiger partial charge < -0.3 is 10.2 Å². The van der Waals surface area contributed by atoms with Gasteiger partial charge >= 0.3 is 0 Å². The Bertz CT molecular complexity index is 946. The summed E-state index contributed by atoms with van der Waals surface area (Å²) in [6.07, 6.45) is 4.66. The molecule has 4 rings (SSSR count). The van der Waals surface area contributed by atoms with E-state index in [2.05, 4.69) is 22.3 Å². The summed E-state index contributed by atoms with van der Waals surface area (Å²) in [5, 5.41) is 2.93. The van der Waals surface area contributed by atoms with Gasteiger partial charge in [0.1, 0.15) is 5.82 Å². The smallest absolute Gasteiger partial charge is 0.224 e. The maximum Gasteiger partial charge on any atom is 0.224 e. The van der Waals surface area contributed by atoms with Crippen molar-refractivity contribution in [2.75, 3.05) is 31.5 Å². The van der Waals surface area contributed by atoms with Crippen LogP contribution in [0.4, 0.5) is 10.1 Å².